The third-order valence-corrected chi connectivity index (χ3v) is 7.96. The van der Waals surface area contributed by atoms with Crippen LogP contribution in [0.25, 0.3) is 22.5 Å². The summed E-state index contributed by atoms with van der Waals surface area (Å²) in [6, 6.07) is 13.1. The maximum Gasteiger partial charge on any atom is 0.328 e. The maximum atomic E-state index is 14.1. The molecule has 0 radical (unpaired) electrons. The van der Waals surface area contributed by atoms with Crippen LogP contribution in [0.2, 0.25) is 0 Å². The maximum absolute atomic E-state index is 14.1. The van der Waals surface area contributed by atoms with Crippen LogP contribution in [0.5, 0.6) is 0 Å². The van der Waals surface area contributed by atoms with Crippen molar-refractivity contribution in [2.45, 2.75) is 38.1 Å². The second-order valence-electron chi connectivity index (χ2n) is 10.7. The summed E-state index contributed by atoms with van der Waals surface area (Å²) in [5.41, 5.74) is 13.7. The van der Waals surface area contributed by atoms with Gasteiger partial charge in [-0.25, -0.2) is 4.79 Å². The van der Waals surface area contributed by atoms with Crippen LogP contribution in [0.15, 0.2) is 64.3 Å². The van der Waals surface area contributed by atoms with E-state index in [0.717, 1.165) is 18.4 Å². The van der Waals surface area contributed by atoms with E-state index in [9.17, 15) is 19.2 Å². The van der Waals surface area contributed by atoms with Crippen LogP contribution in [-0.2, 0) is 23.1 Å². The molecular formula is C29H34ClN9O4. The van der Waals surface area contributed by atoms with E-state index in [-0.39, 0.29) is 30.7 Å². The number of aromatic nitrogens is 6. The number of carbonyl (C=O) groups excluding carboxylic acids is 2. The molecule has 1 aliphatic carbocycles. The molecule has 1 atom stereocenters. The summed E-state index contributed by atoms with van der Waals surface area (Å²) in [5.74, 6) is -0.259. The first-order chi connectivity index (χ1) is 20.2. The SMILES string of the molecule is Cl.Cn1cc(-c2ccc(C[C@@H](C(N)=O)N(C(=O)C3CCC(CN)CC3)c3ccc(-c4nn[nH]n4)cc3)cc2)c(=O)[nH]c1=O. The van der Waals surface area contributed by atoms with E-state index in [4.69, 9.17) is 11.5 Å². The van der Waals surface area contributed by atoms with E-state index >= 15 is 0 Å². The first kappa shape index (κ1) is 31.3. The molecule has 4 aromatic rings. The molecule has 0 bridgehead atoms. The van der Waals surface area contributed by atoms with Crippen molar-refractivity contribution in [2.75, 3.05) is 11.4 Å². The summed E-state index contributed by atoms with van der Waals surface area (Å²) in [6.45, 7) is 0.591. The van der Waals surface area contributed by atoms with Crippen molar-refractivity contribution < 1.29 is 9.59 Å². The van der Waals surface area contributed by atoms with Gasteiger partial charge in [-0.15, -0.1) is 22.6 Å². The lowest BCUT2D eigenvalue weighted by atomic mass is 9.81. The van der Waals surface area contributed by atoms with Crippen LogP contribution in [0.1, 0.15) is 31.2 Å². The van der Waals surface area contributed by atoms with Crippen LogP contribution in [0, 0.1) is 11.8 Å². The van der Waals surface area contributed by atoms with Gasteiger partial charge in [-0.2, -0.15) is 5.21 Å². The number of aromatic amines is 2. The third-order valence-electron chi connectivity index (χ3n) is 7.96. The number of aryl methyl sites for hydroxylation is 1. The van der Waals surface area contributed by atoms with Crippen molar-refractivity contribution in [2.24, 2.45) is 30.4 Å². The number of nitrogens with zero attached hydrogens (tertiary/aromatic N) is 5. The standard InChI is InChI=1S/C29H33N9O4.ClH/c1-37-16-23(27(40)32-29(37)42)19-6-2-17(3-7-19)14-24(25(31)39)38(28(41)21-8-4-18(15-30)5-9-21)22-12-10-20(11-13-22)26-33-35-36-34-26;/h2-3,6-7,10-13,16,18,21,24H,4-5,8-9,14-15,30H2,1H3,(H2,31,39)(H,32,40,42)(H,33,34,35,36);1H/t18?,21?,24-;/m0./s1. The highest BCUT2D eigenvalue weighted by molar-refractivity contribution is 6.01. The molecule has 0 saturated heterocycles. The van der Waals surface area contributed by atoms with Crippen LogP contribution in [0.3, 0.4) is 0 Å². The summed E-state index contributed by atoms with van der Waals surface area (Å²) in [6.07, 6.45) is 4.71. The van der Waals surface area contributed by atoms with E-state index in [1.165, 1.54) is 15.7 Å². The minimum absolute atomic E-state index is 0. The lowest BCUT2D eigenvalue weighted by molar-refractivity contribution is -0.127. The fourth-order valence-corrected chi connectivity index (χ4v) is 5.49. The number of benzene rings is 2. The Balaban J connectivity index is 0.00000423. The molecule has 2 heterocycles. The molecule has 2 aromatic heterocycles. The molecule has 0 unspecified atom stereocenters. The zero-order valence-electron chi connectivity index (χ0n) is 23.6. The lowest BCUT2D eigenvalue weighted by Crippen LogP contribution is -2.52. The third kappa shape index (κ3) is 6.89. The highest BCUT2D eigenvalue weighted by Crippen LogP contribution is 2.33. The van der Waals surface area contributed by atoms with Crippen molar-refractivity contribution in [3.63, 3.8) is 0 Å². The number of tetrazole rings is 1. The van der Waals surface area contributed by atoms with E-state index in [0.29, 0.717) is 53.5 Å². The number of nitrogens with one attached hydrogen (secondary N) is 2. The quantitative estimate of drug-likeness (QED) is 0.219. The van der Waals surface area contributed by atoms with Gasteiger partial charge in [0.05, 0.1) is 5.56 Å². The predicted octanol–water partition coefficient (Wildman–Crippen LogP) is 1.54. The van der Waals surface area contributed by atoms with Crippen molar-refractivity contribution in [3.8, 4) is 22.5 Å². The Labute approximate surface area is 253 Å². The molecule has 226 valence electrons. The molecule has 0 aliphatic heterocycles. The summed E-state index contributed by atoms with van der Waals surface area (Å²) < 4.78 is 1.29. The summed E-state index contributed by atoms with van der Waals surface area (Å²) in [4.78, 5) is 54.9. The summed E-state index contributed by atoms with van der Waals surface area (Å²) in [5, 5.41) is 14.0. The van der Waals surface area contributed by atoms with E-state index in [2.05, 4.69) is 25.6 Å². The summed E-state index contributed by atoms with van der Waals surface area (Å²) in [7, 11) is 1.55. The van der Waals surface area contributed by atoms with Crippen LogP contribution >= 0.6 is 12.4 Å². The van der Waals surface area contributed by atoms with Crippen molar-refractivity contribution >= 4 is 29.9 Å². The van der Waals surface area contributed by atoms with Gasteiger partial charge in [0.15, 0.2) is 0 Å². The van der Waals surface area contributed by atoms with E-state index in [1.807, 2.05) is 0 Å². The fourth-order valence-electron chi connectivity index (χ4n) is 5.49. The molecule has 6 N–H and O–H groups in total. The Morgan fingerprint density at radius 1 is 1.02 bits per heavy atom. The molecule has 2 aromatic carbocycles. The van der Waals surface area contributed by atoms with Gasteiger partial charge in [-0.1, -0.05) is 24.3 Å². The molecule has 14 heteroatoms. The number of amides is 2. The molecule has 5 rings (SSSR count). The zero-order valence-corrected chi connectivity index (χ0v) is 24.4. The Hall–Kier alpha value is -4.62. The Kier molecular flexibility index (Phi) is 9.88. The number of nitrogens with two attached hydrogens (primary N) is 2. The molecule has 43 heavy (non-hydrogen) atoms. The second-order valence-corrected chi connectivity index (χ2v) is 10.7. The molecule has 1 saturated carbocycles. The number of hydrogen-bond acceptors (Lipinski definition) is 8. The lowest BCUT2D eigenvalue weighted by Gasteiger charge is -2.35. The van der Waals surface area contributed by atoms with Crippen LogP contribution in [0.4, 0.5) is 5.69 Å². The van der Waals surface area contributed by atoms with E-state index < -0.39 is 23.2 Å². The van der Waals surface area contributed by atoms with Crippen molar-refractivity contribution in [1.29, 1.82) is 0 Å². The molecule has 2 amide bonds. The molecule has 1 fully saturated rings. The average molecular weight is 608 g/mol. The number of halogens is 1. The van der Waals surface area contributed by atoms with E-state index in [1.54, 1.807) is 55.6 Å². The Bertz CT molecular complexity index is 1660. The van der Waals surface area contributed by atoms with Gasteiger partial charge < -0.3 is 16.0 Å². The van der Waals surface area contributed by atoms with Gasteiger partial charge in [-0.3, -0.25) is 24.3 Å². The van der Waals surface area contributed by atoms with Gasteiger partial charge in [-0.05, 0) is 78.8 Å². The number of rotatable bonds is 9. The van der Waals surface area contributed by atoms with Gasteiger partial charge in [0.25, 0.3) is 5.56 Å². The predicted molar refractivity (Wildman–Crippen MR) is 163 cm³/mol. The normalized spacial score (nSPS) is 17.1. The largest absolute Gasteiger partial charge is 0.368 e. The molecule has 1 aliphatic rings. The second kappa shape index (κ2) is 13.6. The zero-order chi connectivity index (χ0) is 29.8. The van der Waals surface area contributed by atoms with Gasteiger partial charge in [0.2, 0.25) is 17.6 Å². The topological polar surface area (TPSA) is 199 Å². The number of hydrogen-bond donors (Lipinski definition) is 4. The highest BCUT2D eigenvalue weighted by Gasteiger charge is 2.36. The number of anilines is 1. The minimum atomic E-state index is -0.965. The number of H-pyrrole nitrogens is 2. The first-order valence-electron chi connectivity index (χ1n) is 13.8. The van der Waals surface area contributed by atoms with Crippen LogP contribution in [-0.4, -0.2) is 54.6 Å². The summed E-state index contributed by atoms with van der Waals surface area (Å²) >= 11 is 0. The van der Waals surface area contributed by atoms with Crippen molar-refractivity contribution in [3.05, 3.63) is 81.1 Å². The fraction of sp³-hybridized carbons (Fsp3) is 0.345. The smallest absolute Gasteiger partial charge is 0.328 e. The molecule has 13 nitrogen and oxygen atoms in total. The molecule has 0 spiro atoms. The van der Waals surface area contributed by atoms with Gasteiger partial charge >= 0.3 is 5.69 Å². The van der Waals surface area contributed by atoms with Crippen molar-refractivity contribution in [1.82, 2.24) is 30.2 Å². The molecular weight excluding hydrogens is 574 g/mol. The van der Waals surface area contributed by atoms with Gasteiger partial charge in [0.1, 0.15) is 6.04 Å². The Morgan fingerprint density at radius 3 is 2.26 bits per heavy atom. The number of carbonyl (C=O) groups is 2. The van der Waals surface area contributed by atoms with Gasteiger partial charge in [0, 0.05) is 36.8 Å². The monoisotopic (exact) mass is 607 g/mol. The highest BCUT2D eigenvalue weighted by atomic mass is 35.5. The average Bonchev–Trinajstić information content (AvgIpc) is 3.54. The first-order valence-corrected chi connectivity index (χ1v) is 13.8. The number of primary amides is 1. The Morgan fingerprint density at radius 2 is 1.67 bits per heavy atom. The van der Waals surface area contributed by atoms with Crippen LogP contribution < -0.4 is 27.6 Å². The minimum Gasteiger partial charge on any atom is -0.368 e.